The van der Waals surface area contributed by atoms with E-state index in [4.69, 9.17) is 0 Å². The molecule has 2 rings (SSSR count). The van der Waals surface area contributed by atoms with Crippen molar-refractivity contribution < 1.29 is 23.1 Å². The highest BCUT2D eigenvalue weighted by atomic mass is 19.1. The predicted molar refractivity (Wildman–Crippen MR) is 73.1 cm³/mol. The van der Waals surface area contributed by atoms with E-state index in [2.05, 4.69) is 15.0 Å². The fourth-order valence-corrected chi connectivity index (χ4v) is 1.72. The van der Waals surface area contributed by atoms with Crippen LogP contribution in [0.4, 0.5) is 8.78 Å². The van der Waals surface area contributed by atoms with Crippen LogP contribution in [0.25, 0.3) is 0 Å². The Hall–Kier alpha value is -2.83. The van der Waals surface area contributed by atoms with Gasteiger partial charge in [0.25, 0.3) is 5.91 Å². The van der Waals surface area contributed by atoms with Gasteiger partial charge in [0.15, 0.2) is 0 Å². The summed E-state index contributed by atoms with van der Waals surface area (Å²) in [6, 6.07) is 5.61. The number of halogens is 2. The molecule has 1 aromatic carbocycles. The summed E-state index contributed by atoms with van der Waals surface area (Å²) in [4.78, 5) is 26.9. The Morgan fingerprint density at radius 1 is 1.18 bits per heavy atom. The van der Waals surface area contributed by atoms with Crippen molar-refractivity contribution in [1.82, 2.24) is 10.3 Å². The zero-order valence-electron chi connectivity index (χ0n) is 11.6. The number of ether oxygens (including phenoxy) is 1. The van der Waals surface area contributed by atoms with Gasteiger partial charge in [-0.2, -0.15) is 0 Å². The third-order valence-electron chi connectivity index (χ3n) is 2.80. The summed E-state index contributed by atoms with van der Waals surface area (Å²) < 4.78 is 30.6. The summed E-state index contributed by atoms with van der Waals surface area (Å²) in [7, 11) is 1.25. The molecule has 1 N–H and O–H groups in total. The van der Waals surface area contributed by atoms with Crippen molar-refractivity contribution in [2.24, 2.45) is 0 Å². The second kappa shape index (κ2) is 6.75. The van der Waals surface area contributed by atoms with E-state index < -0.39 is 23.5 Å². The lowest BCUT2D eigenvalue weighted by Crippen LogP contribution is -2.23. The Balaban J connectivity index is 2.00. The van der Waals surface area contributed by atoms with Crippen molar-refractivity contribution in [3.05, 3.63) is 65.0 Å². The molecule has 2 aromatic rings. The number of carbonyl (C=O) groups is 2. The first-order chi connectivity index (χ1) is 10.5. The van der Waals surface area contributed by atoms with Gasteiger partial charge in [-0.3, -0.25) is 4.79 Å². The summed E-state index contributed by atoms with van der Waals surface area (Å²) in [6.07, 6.45) is 1.40. The van der Waals surface area contributed by atoms with Crippen LogP contribution >= 0.6 is 0 Å². The van der Waals surface area contributed by atoms with E-state index in [1.54, 1.807) is 6.07 Å². The maximum Gasteiger partial charge on any atom is 0.356 e. The van der Waals surface area contributed by atoms with Crippen molar-refractivity contribution in [3.8, 4) is 0 Å². The number of nitrogens with zero attached hydrogens (tertiary/aromatic N) is 1. The molecule has 22 heavy (non-hydrogen) atoms. The molecule has 0 aliphatic rings. The van der Waals surface area contributed by atoms with Gasteiger partial charge in [0.05, 0.1) is 7.11 Å². The first-order valence-electron chi connectivity index (χ1n) is 6.27. The Bertz CT molecular complexity index is 682. The third-order valence-corrected chi connectivity index (χ3v) is 2.80. The van der Waals surface area contributed by atoms with E-state index >= 15 is 0 Å². The van der Waals surface area contributed by atoms with Crippen molar-refractivity contribution in [3.63, 3.8) is 0 Å². The lowest BCUT2D eigenvalue weighted by atomic mass is 10.2. The van der Waals surface area contributed by atoms with Crippen LogP contribution in [0.15, 0.2) is 36.5 Å². The summed E-state index contributed by atoms with van der Waals surface area (Å²) in [6.45, 7) is 0.103. The number of rotatable bonds is 4. The van der Waals surface area contributed by atoms with Crippen LogP contribution in [0.2, 0.25) is 0 Å². The molecule has 0 saturated carbocycles. The minimum absolute atomic E-state index is 0.103. The molecule has 114 valence electrons. The topological polar surface area (TPSA) is 68.3 Å². The van der Waals surface area contributed by atoms with Crippen molar-refractivity contribution in [1.29, 1.82) is 0 Å². The van der Waals surface area contributed by atoms with Gasteiger partial charge in [0, 0.05) is 24.4 Å². The van der Waals surface area contributed by atoms with E-state index in [0.29, 0.717) is 11.6 Å². The molecule has 0 saturated heterocycles. The molecule has 0 fully saturated rings. The van der Waals surface area contributed by atoms with Crippen LogP contribution in [0.5, 0.6) is 0 Å². The molecule has 1 aromatic heterocycles. The number of amides is 1. The van der Waals surface area contributed by atoms with Crippen LogP contribution in [0.3, 0.4) is 0 Å². The number of nitrogens with one attached hydrogen (secondary N) is 1. The quantitative estimate of drug-likeness (QED) is 0.878. The molecule has 7 heteroatoms. The number of pyridine rings is 1. The summed E-state index contributed by atoms with van der Waals surface area (Å²) in [5.41, 5.74) is 0.652. The van der Waals surface area contributed by atoms with Gasteiger partial charge < -0.3 is 10.1 Å². The van der Waals surface area contributed by atoms with Crippen LogP contribution < -0.4 is 5.32 Å². The maximum atomic E-state index is 13.0. The highest BCUT2D eigenvalue weighted by Gasteiger charge is 2.10. The number of benzene rings is 1. The van der Waals surface area contributed by atoms with Gasteiger partial charge >= 0.3 is 5.97 Å². The standard InChI is InChI=1S/C15H12F2N2O3/c1-22-15(21)13-3-2-9(7-18-13)8-19-14(20)10-4-11(16)6-12(17)5-10/h2-7H,8H2,1H3,(H,19,20). The Morgan fingerprint density at radius 3 is 2.41 bits per heavy atom. The molecule has 0 radical (unpaired) electrons. The van der Waals surface area contributed by atoms with Crippen LogP contribution in [-0.4, -0.2) is 24.0 Å². The molecule has 0 aliphatic carbocycles. The first kappa shape index (κ1) is 15.6. The van der Waals surface area contributed by atoms with E-state index in [-0.39, 0.29) is 17.8 Å². The van der Waals surface area contributed by atoms with Crippen LogP contribution in [-0.2, 0) is 11.3 Å². The van der Waals surface area contributed by atoms with Crippen LogP contribution in [0, 0.1) is 11.6 Å². The smallest absolute Gasteiger partial charge is 0.356 e. The van der Waals surface area contributed by atoms with Gasteiger partial charge in [-0.25, -0.2) is 18.6 Å². The first-order valence-corrected chi connectivity index (χ1v) is 6.27. The number of esters is 1. The SMILES string of the molecule is COC(=O)c1ccc(CNC(=O)c2cc(F)cc(F)c2)cn1. The van der Waals surface area contributed by atoms with E-state index in [0.717, 1.165) is 12.1 Å². The number of aromatic nitrogens is 1. The highest BCUT2D eigenvalue weighted by Crippen LogP contribution is 2.08. The lowest BCUT2D eigenvalue weighted by Gasteiger charge is -2.06. The molecule has 0 atom stereocenters. The minimum atomic E-state index is -0.825. The molecule has 1 amide bonds. The number of methoxy groups -OCH3 is 1. The van der Waals surface area contributed by atoms with Crippen molar-refractivity contribution in [2.45, 2.75) is 6.54 Å². The Labute approximate surface area is 124 Å². The second-order valence-electron chi connectivity index (χ2n) is 4.38. The summed E-state index contributed by atoms with van der Waals surface area (Å²) >= 11 is 0. The van der Waals surface area contributed by atoms with Gasteiger partial charge in [-0.1, -0.05) is 6.07 Å². The van der Waals surface area contributed by atoms with E-state index in [1.807, 2.05) is 0 Å². The minimum Gasteiger partial charge on any atom is -0.464 e. The summed E-state index contributed by atoms with van der Waals surface area (Å²) in [5, 5.41) is 2.50. The predicted octanol–water partition coefficient (Wildman–Crippen LogP) is 2.08. The Morgan fingerprint density at radius 2 is 1.86 bits per heavy atom. The molecule has 0 aliphatic heterocycles. The maximum absolute atomic E-state index is 13.0. The lowest BCUT2D eigenvalue weighted by molar-refractivity contribution is 0.0593. The molecule has 1 heterocycles. The zero-order valence-corrected chi connectivity index (χ0v) is 11.6. The van der Waals surface area contributed by atoms with Crippen molar-refractivity contribution >= 4 is 11.9 Å². The number of hydrogen-bond acceptors (Lipinski definition) is 4. The second-order valence-corrected chi connectivity index (χ2v) is 4.38. The summed E-state index contributed by atoms with van der Waals surface area (Å²) in [5.74, 6) is -2.83. The van der Waals surface area contributed by atoms with Gasteiger partial charge in [0.2, 0.25) is 0 Å². The molecule has 5 nitrogen and oxygen atoms in total. The molecule has 0 unspecified atom stereocenters. The molecular weight excluding hydrogens is 294 g/mol. The van der Waals surface area contributed by atoms with Gasteiger partial charge in [0.1, 0.15) is 17.3 Å². The van der Waals surface area contributed by atoms with Crippen molar-refractivity contribution in [2.75, 3.05) is 7.11 Å². The third kappa shape index (κ3) is 3.85. The van der Waals surface area contributed by atoms with E-state index in [1.165, 1.54) is 19.4 Å². The normalized spacial score (nSPS) is 10.1. The van der Waals surface area contributed by atoms with Crippen LogP contribution in [0.1, 0.15) is 26.4 Å². The average molecular weight is 306 g/mol. The Kier molecular flexibility index (Phi) is 4.77. The van der Waals surface area contributed by atoms with Gasteiger partial charge in [-0.15, -0.1) is 0 Å². The highest BCUT2D eigenvalue weighted by molar-refractivity contribution is 5.94. The molecule has 0 bridgehead atoms. The molecule has 0 spiro atoms. The largest absolute Gasteiger partial charge is 0.464 e. The fourth-order valence-electron chi connectivity index (χ4n) is 1.72. The number of carbonyl (C=O) groups excluding carboxylic acids is 2. The number of hydrogen-bond donors (Lipinski definition) is 1. The molecular formula is C15H12F2N2O3. The monoisotopic (exact) mass is 306 g/mol. The fraction of sp³-hybridized carbons (Fsp3) is 0.133. The zero-order chi connectivity index (χ0) is 16.1. The van der Waals surface area contributed by atoms with E-state index in [9.17, 15) is 18.4 Å². The van der Waals surface area contributed by atoms with Gasteiger partial charge in [-0.05, 0) is 23.8 Å². The average Bonchev–Trinajstić information content (AvgIpc) is 2.51.